The highest BCUT2D eigenvalue weighted by atomic mass is 19.1. The lowest BCUT2D eigenvalue weighted by atomic mass is 9.99. The van der Waals surface area contributed by atoms with Crippen LogP contribution in [0.5, 0.6) is 5.88 Å². The van der Waals surface area contributed by atoms with Crippen molar-refractivity contribution in [3.8, 4) is 5.88 Å². The van der Waals surface area contributed by atoms with Crippen LogP contribution in [0.25, 0.3) is 5.52 Å². The van der Waals surface area contributed by atoms with Crippen LogP contribution in [0.3, 0.4) is 0 Å². The molecule has 38 heavy (non-hydrogen) atoms. The normalized spacial score (nSPS) is 12.9. The zero-order chi connectivity index (χ0) is 27.3. The van der Waals surface area contributed by atoms with Gasteiger partial charge in [0.2, 0.25) is 5.88 Å². The van der Waals surface area contributed by atoms with Gasteiger partial charge in [0, 0.05) is 24.8 Å². The number of fused-ring (bicyclic) bond motifs is 1. The zero-order valence-corrected chi connectivity index (χ0v) is 21.8. The molecule has 0 spiro atoms. The fourth-order valence-corrected chi connectivity index (χ4v) is 4.09. The highest BCUT2D eigenvalue weighted by Crippen LogP contribution is 2.25. The van der Waals surface area contributed by atoms with Crippen LogP contribution in [0.1, 0.15) is 46.1 Å². The summed E-state index contributed by atoms with van der Waals surface area (Å²) in [5, 5.41) is 7.37. The van der Waals surface area contributed by atoms with E-state index in [0.717, 1.165) is 11.1 Å². The van der Waals surface area contributed by atoms with Crippen molar-refractivity contribution in [3.63, 3.8) is 0 Å². The maximum Gasteiger partial charge on any atom is 0.255 e. The molecule has 3 N–H and O–H groups in total. The predicted molar refractivity (Wildman–Crippen MR) is 141 cm³/mol. The minimum absolute atomic E-state index is 0.181. The van der Waals surface area contributed by atoms with Crippen molar-refractivity contribution in [2.75, 3.05) is 13.2 Å². The molecule has 2 aromatic carbocycles. The molecule has 2 aromatic heterocycles. The van der Waals surface area contributed by atoms with E-state index in [9.17, 15) is 13.6 Å². The summed E-state index contributed by atoms with van der Waals surface area (Å²) in [6.45, 7) is 6.28. The first-order chi connectivity index (χ1) is 18.1. The van der Waals surface area contributed by atoms with E-state index in [1.807, 2.05) is 50.2 Å². The van der Waals surface area contributed by atoms with Gasteiger partial charge in [0.05, 0.1) is 28.9 Å². The maximum atomic E-state index is 14.1. The van der Waals surface area contributed by atoms with Gasteiger partial charge in [-0.3, -0.25) is 4.79 Å². The molecule has 0 fully saturated rings. The largest absolute Gasteiger partial charge is 0.473 e. The van der Waals surface area contributed by atoms with Crippen molar-refractivity contribution in [1.82, 2.24) is 14.9 Å². The van der Waals surface area contributed by atoms with Crippen LogP contribution in [0.2, 0.25) is 0 Å². The number of hydrogen-bond donors (Lipinski definition) is 2. The molecule has 1 atom stereocenters. The molecule has 1 amide bonds. The third-order valence-corrected chi connectivity index (χ3v) is 6.26. The van der Waals surface area contributed by atoms with Crippen LogP contribution in [0, 0.1) is 25.5 Å². The molecular formula is C29H32F2N4O3. The van der Waals surface area contributed by atoms with Crippen LogP contribution in [0.4, 0.5) is 8.78 Å². The number of halogens is 2. The number of aryl methyl sites for hydroxylation is 2. The average molecular weight is 523 g/mol. The van der Waals surface area contributed by atoms with E-state index < -0.39 is 17.2 Å². The van der Waals surface area contributed by atoms with Crippen LogP contribution in [-0.2, 0) is 18.0 Å². The minimum Gasteiger partial charge on any atom is -0.473 e. The molecule has 2 heterocycles. The van der Waals surface area contributed by atoms with E-state index in [0.29, 0.717) is 36.4 Å². The van der Waals surface area contributed by atoms with E-state index >= 15 is 0 Å². The van der Waals surface area contributed by atoms with Crippen molar-refractivity contribution in [2.24, 2.45) is 5.73 Å². The van der Waals surface area contributed by atoms with Crippen LogP contribution >= 0.6 is 0 Å². The van der Waals surface area contributed by atoms with Gasteiger partial charge in [-0.15, -0.1) is 0 Å². The van der Waals surface area contributed by atoms with Crippen LogP contribution < -0.4 is 15.8 Å². The van der Waals surface area contributed by atoms with Crippen molar-refractivity contribution >= 4 is 11.4 Å². The SMILES string of the molecule is Cc1cc(OCc2c(F)cccc2F)n2nc(C)c(C(=O)NCC(C)(N)CCOCc3ccccc3)c2c1. The number of nitrogens with two attached hydrogens (primary N) is 1. The second-order valence-electron chi connectivity index (χ2n) is 9.74. The van der Waals surface area contributed by atoms with Gasteiger partial charge >= 0.3 is 0 Å². The van der Waals surface area contributed by atoms with Crippen molar-refractivity contribution < 1.29 is 23.0 Å². The number of hydrogen-bond acceptors (Lipinski definition) is 5. The monoisotopic (exact) mass is 522 g/mol. The lowest BCUT2D eigenvalue weighted by Crippen LogP contribution is -2.48. The Labute approximate surface area is 220 Å². The molecule has 0 aliphatic rings. The number of benzene rings is 2. The Morgan fingerprint density at radius 2 is 1.76 bits per heavy atom. The molecule has 4 rings (SSSR count). The van der Waals surface area contributed by atoms with Gasteiger partial charge in [-0.1, -0.05) is 36.4 Å². The van der Waals surface area contributed by atoms with Gasteiger partial charge in [-0.2, -0.15) is 9.61 Å². The third-order valence-electron chi connectivity index (χ3n) is 6.26. The first-order valence-corrected chi connectivity index (χ1v) is 12.4. The summed E-state index contributed by atoms with van der Waals surface area (Å²) in [7, 11) is 0. The lowest BCUT2D eigenvalue weighted by Gasteiger charge is -2.25. The van der Waals surface area contributed by atoms with Gasteiger partial charge < -0.3 is 20.5 Å². The number of amides is 1. The molecule has 200 valence electrons. The van der Waals surface area contributed by atoms with Crippen LogP contribution in [0.15, 0.2) is 60.7 Å². The van der Waals surface area contributed by atoms with E-state index in [1.165, 1.54) is 22.7 Å². The number of carbonyl (C=O) groups is 1. The Balaban J connectivity index is 1.42. The fraction of sp³-hybridized carbons (Fsp3) is 0.310. The van der Waals surface area contributed by atoms with Gasteiger partial charge in [-0.25, -0.2) is 8.78 Å². The van der Waals surface area contributed by atoms with Crippen molar-refractivity contribution in [2.45, 2.75) is 45.9 Å². The second kappa shape index (κ2) is 11.7. The van der Waals surface area contributed by atoms with E-state index in [4.69, 9.17) is 15.2 Å². The molecule has 0 saturated heterocycles. The first-order valence-electron chi connectivity index (χ1n) is 12.4. The quantitative estimate of drug-likeness (QED) is 0.275. The molecule has 7 nitrogen and oxygen atoms in total. The number of nitrogens with one attached hydrogen (secondary N) is 1. The van der Waals surface area contributed by atoms with Crippen molar-refractivity contribution in [1.29, 1.82) is 0 Å². The predicted octanol–water partition coefficient (Wildman–Crippen LogP) is 4.86. The fourth-order valence-electron chi connectivity index (χ4n) is 4.09. The van der Waals surface area contributed by atoms with E-state index in [-0.39, 0.29) is 30.5 Å². The summed E-state index contributed by atoms with van der Waals surface area (Å²) < 4.78 is 41.1. The molecule has 9 heteroatoms. The minimum atomic E-state index is -0.694. The van der Waals surface area contributed by atoms with Gasteiger partial charge in [0.15, 0.2) is 0 Å². The summed E-state index contributed by atoms with van der Waals surface area (Å²) >= 11 is 0. The molecule has 1 unspecified atom stereocenters. The number of ether oxygens (including phenoxy) is 2. The molecule has 0 saturated carbocycles. The molecule has 0 aliphatic heterocycles. The van der Waals surface area contributed by atoms with Gasteiger partial charge in [0.1, 0.15) is 18.2 Å². The summed E-state index contributed by atoms with van der Waals surface area (Å²) in [5.41, 5.74) is 8.83. The van der Waals surface area contributed by atoms with Gasteiger partial charge in [-0.05, 0) is 56.5 Å². The number of nitrogens with zero attached hydrogens (tertiary/aromatic N) is 2. The Kier molecular flexibility index (Phi) is 8.38. The number of aromatic nitrogens is 2. The highest BCUT2D eigenvalue weighted by Gasteiger charge is 2.24. The Morgan fingerprint density at radius 3 is 2.47 bits per heavy atom. The summed E-state index contributed by atoms with van der Waals surface area (Å²) in [4.78, 5) is 13.2. The Bertz CT molecular complexity index is 1400. The summed E-state index contributed by atoms with van der Waals surface area (Å²) in [5.74, 6) is -1.44. The molecule has 0 bridgehead atoms. The average Bonchev–Trinajstić information content (AvgIpc) is 3.21. The lowest BCUT2D eigenvalue weighted by molar-refractivity contribution is 0.0910. The smallest absolute Gasteiger partial charge is 0.255 e. The maximum absolute atomic E-state index is 14.1. The molecule has 4 aromatic rings. The van der Waals surface area contributed by atoms with E-state index in [1.54, 1.807) is 13.0 Å². The van der Waals surface area contributed by atoms with Crippen molar-refractivity contribution in [3.05, 3.63) is 100 Å². The number of carbonyl (C=O) groups excluding carboxylic acids is 1. The molecular weight excluding hydrogens is 490 g/mol. The van der Waals surface area contributed by atoms with E-state index in [2.05, 4.69) is 10.4 Å². The van der Waals surface area contributed by atoms with Gasteiger partial charge in [0.25, 0.3) is 5.91 Å². The third kappa shape index (κ3) is 6.54. The Morgan fingerprint density at radius 1 is 1.05 bits per heavy atom. The number of rotatable bonds is 11. The first kappa shape index (κ1) is 27.2. The summed E-state index contributed by atoms with van der Waals surface area (Å²) in [6.07, 6.45) is 0.553. The molecule has 0 aliphatic carbocycles. The zero-order valence-electron chi connectivity index (χ0n) is 21.8. The Hall–Kier alpha value is -3.82. The standard InChI is InChI=1S/C29H32F2N4O3/c1-19-14-25-27(28(36)33-18-29(3,32)12-13-37-16-21-8-5-4-6-9-21)20(2)34-35(25)26(15-19)38-17-22-23(30)10-7-11-24(22)31/h4-11,14-15H,12-13,16-18,32H2,1-3H3,(H,33,36). The topological polar surface area (TPSA) is 90.9 Å². The second-order valence-corrected chi connectivity index (χ2v) is 9.74. The van der Waals surface area contributed by atoms with Crippen LogP contribution in [-0.4, -0.2) is 34.2 Å². The highest BCUT2D eigenvalue weighted by molar-refractivity contribution is 6.02. The summed E-state index contributed by atoms with van der Waals surface area (Å²) in [6, 6.07) is 17.0. The number of pyridine rings is 1. The molecule has 0 radical (unpaired) electrons.